The van der Waals surface area contributed by atoms with Crippen molar-refractivity contribution in [3.8, 4) is 0 Å². The number of esters is 1. The largest absolute Gasteiger partial charge is 0.468 e. The van der Waals surface area contributed by atoms with E-state index in [-0.39, 0.29) is 11.8 Å². The van der Waals surface area contributed by atoms with Gasteiger partial charge in [0.25, 0.3) is 12.0 Å². The van der Waals surface area contributed by atoms with E-state index in [4.69, 9.17) is 11.6 Å². The Bertz CT molecular complexity index is 824. The van der Waals surface area contributed by atoms with Crippen molar-refractivity contribution in [2.75, 3.05) is 19.9 Å². The summed E-state index contributed by atoms with van der Waals surface area (Å²) >= 11 is 5.29. The first-order chi connectivity index (χ1) is 14.1. The summed E-state index contributed by atoms with van der Waals surface area (Å²) in [6, 6.07) is 0. The molecule has 0 aliphatic heterocycles. The van der Waals surface area contributed by atoms with Gasteiger partial charge in [-0.25, -0.2) is 28.5 Å². The molecule has 2 heterocycles. The maximum absolute atomic E-state index is 12.2. The molecule has 0 aromatic carbocycles. The molecule has 0 saturated carbocycles. The quantitative estimate of drug-likeness (QED) is 0.424. The number of ether oxygens (including phenoxy) is 2. The van der Waals surface area contributed by atoms with E-state index in [9.17, 15) is 27.6 Å². The van der Waals surface area contributed by atoms with Crippen LogP contribution >= 0.6 is 11.6 Å². The third-order valence-electron chi connectivity index (χ3n) is 2.35. The Morgan fingerprint density at radius 1 is 1.17 bits per heavy atom. The minimum Gasteiger partial charge on any atom is -0.468 e. The van der Waals surface area contributed by atoms with E-state index in [2.05, 4.69) is 29.4 Å². The summed E-state index contributed by atoms with van der Waals surface area (Å²) in [5.41, 5.74) is -0.720. The van der Waals surface area contributed by atoms with E-state index in [0.29, 0.717) is 24.7 Å². The van der Waals surface area contributed by atoms with Crippen molar-refractivity contribution in [2.24, 2.45) is 0 Å². The van der Waals surface area contributed by atoms with Gasteiger partial charge in [0, 0.05) is 0 Å². The van der Waals surface area contributed by atoms with Crippen molar-refractivity contribution in [1.82, 2.24) is 19.9 Å². The Kier molecular flexibility index (Phi) is 17.5. The summed E-state index contributed by atoms with van der Waals surface area (Å²) in [6.07, 6.45) is 1.94. The highest BCUT2D eigenvalue weighted by atomic mass is 35.5. The lowest BCUT2D eigenvalue weighted by Gasteiger charge is -1.92. The topological polar surface area (TPSA) is 124 Å². The third-order valence-corrected chi connectivity index (χ3v) is 2.62. The van der Waals surface area contributed by atoms with E-state index in [1.165, 1.54) is 0 Å². The Balaban J connectivity index is 0. The number of carbonyl (C=O) groups is 2. The van der Waals surface area contributed by atoms with Gasteiger partial charge in [-0.3, -0.25) is 9.59 Å². The van der Waals surface area contributed by atoms with Gasteiger partial charge in [-0.15, -0.1) is 0 Å². The number of aromatic nitrogens is 4. The van der Waals surface area contributed by atoms with Gasteiger partial charge in [-0.2, -0.15) is 4.39 Å². The zero-order chi connectivity index (χ0) is 23.5. The number of aryl methyl sites for hydroxylation is 2. The molecule has 0 saturated heterocycles. The second kappa shape index (κ2) is 18.0. The highest BCUT2D eigenvalue weighted by Crippen LogP contribution is 2.07. The lowest BCUT2D eigenvalue weighted by molar-refractivity contribution is -0.144. The average Bonchev–Trinajstić information content (AvgIpc) is 2.70. The van der Waals surface area contributed by atoms with Crippen LogP contribution in [0.15, 0.2) is 17.2 Å². The number of halogens is 4. The monoisotopic (exact) mass is 454 g/mol. The second-order valence-electron chi connectivity index (χ2n) is 4.69. The smallest absolute Gasteiger partial charge is 0.337 e. The summed E-state index contributed by atoms with van der Waals surface area (Å²) < 4.78 is 43.8. The number of alkyl halides is 1. The van der Waals surface area contributed by atoms with Crippen molar-refractivity contribution in [3.05, 3.63) is 51.2 Å². The summed E-state index contributed by atoms with van der Waals surface area (Å²) in [6.45, 7) is 6.76. The predicted octanol–water partition coefficient (Wildman–Crippen LogP) is 2.49. The normalized spacial score (nSPS) is 8.80. The molecule has 0 atom stereocenters. The molecule has 9 nitrogen and oxygen atoms in total. The number of rotatable bonds is 4. The zero-order valence-electron chi connectivity index (χ0n) is 16.7. The molecule has 13 heteroatoms. The first-order valence-electron chi connectivity index (χ1n) is 8.25. The highest BCUT2D eigenvalue weighted by Gasteiger charge is 1.98. The summed E-state index contributed by atoms with van der Waals surface area (Å²) in [5.74, 6) is -1.33. The van der Waals surface area contributed by atoms with Gasteiger partial charge < -0.3 is 14.5 Å². The number of aromatic amines is 1. The molecule has 0 bridgehead atoms. The molecular formula is C17H22ClF3N4O5. The molecule has 0 spiro atoms. The van der Waals surface area contributed by atoms with Crippen LogP contribution in [0.5, 0.6) is 0 Å². The minimum absolute atomic E-state index is 0.123. The van der Waals surface area contributed by atoms with Gasteiger partial charge >= 0.3 is 5.97 Å². The molecule has 0 fully saturated rings. The number of H-pyrrole nitrogens is 1. The van der Waals surface area contributed by atoms with Gasteiger partial charge in [-0.1, -0.05) is 11.6 Å². The third kappa shape index (κ3) is 16.0. The van der Waals surface area contributed by atoms with Crippen LogP contribution in [-0.4, -0.2) is 52.3 Å². The van der Waals surface area contributed by atoms with Gasteiger partial charge in [0.2, 0.25) is 5.82 Å². The van der Waals surface area contributed by atoms with Crippen molar-refractivity contribution in [1.29, 1.82) is 0 Å². The summed E-state index contributed by atoms with van der Waals surface area (Å²) in [7, 11) is 0. The molecule has 30 heavy (non-hydrogen) atoms. The molecule has 0 unspecified atom stereocenters. The maximum atomic E-state index is 12.2. The number of hydrogen-bond donors (Lipinski definition) is 1. The average molecular weight is 455 g/mol. The highest BCUT2D eigenvalue weighted by molar-refractivity contribution is 6.29. The van der Waals surface area contributed by atoms with Crippen molar-refractivity contribution in [2.45, 2.75) is 27.7 Å². The van der Waals surface area contributed by atoms with E-state index in [1.807, 2.05) is 0 Å². The fraction of sp³-hybridized carbons (Fsp3) is 0.412. The molecule has 0 aliphatic rings. The van der Waals surface area contributed by atoms with E-state index < -0.39 is 29.8 Å². The second-order valence-corrected chi connectivity index (χ2v) is 5.05. The molecule has 2 rings (SSSR count). The Morgan fingerprint density at radius 2 is 1.77 bits per heavy atom. The molecule has 2 aromatic heterocycles. The van der Waals surface area contributed by atoms with Gasteiger partial charge in [0.05, 0.1) is 25.6 Å². The van der Waals surface area contributed by atoms with Gasteiger partial charge in [0.15, 0.2) is 17.6 Å². The molecule has 0 aliphatic carbocycles. The molecule has 2 aromatic rings. The number of nitrogens with zero attached hydrogens (tertiary/aromatic N) is 3. The fourth-order valence-electron chi connectivity index (χ4n) is 1.16. The van der Waals surface area contributed by atoms with Crippen LogP contribution in [-0.2, 0) is 19.1 Å². The first-order valence-corrected chi connectivity index (χ1v) is 8.63. The van der Waals surface area contributed by atoms with Crippen LogP contribution in [0.1, 0.15) is 25.5 Å². The summed E-state index contributed by atoms with van der Waals surface area (Å²) in [4.78, 5) is 42.2. The fourth-order valence-corrected chi connectivity index (χ4v) is 1.33. The van der Waals surface area contributed by atoms with E-state index in [0.717, 1.165) is 12.4 Å². The van der Waals surface area contributed by atoms with Crippen molar-refractivity contribution >= 4 is 24.0 Å². The number of carbonyl (C=O) groups excluding carboxylic acids is 2. The standard InChI is InChI=1S/C5H4ClFN2.C5H5FN2O.C4H7FO2.C3H6O2/c1-3-8-2-4(7)5(6)9-3;1-3-7-2-4(6)5(9)8-3;1-2-7-4(6)3-5;1-2-5-3-4/h2H,1H3;2H,1H3,(H,7,8,9);2-3H2,1H3;3H,2H2,1H3. The SMILES string of the molecule is CCOC(=O)CF.CCOC=O.Cc1ncc(F)c(=O)[nH]1.Cc1ncc(F)c(Cl)n1. The molecular weight excluding hydrogens is 433 g/mol. The number of hydrogen-bond acceptors (Lipinski definition) is 8. The van der Waals surface area contributed by atoms with Crippen molar-refractivity contribution < 1.29 is 32.2 Å². The predicted molar refractivity (Wildman–Crippen MR) is 102 cm³/mol. The molecule has 0 amide bonds. The molecule has 1 N–H and O–H groups in total. The van der Waals surface area contributed by atoms with E-state index >= 15 is 0 Å². The molecule has 168 valence electrons. The van der Waals surface area contributed by atoms with Gasteiger partial charge in [0.1, 0.15) is 11.6 Å². The van der Waals surface area contributed by atoms with E-state index in [1.54, 1.807) is 27.7 Å². The van der Waals surface area contributed by atoms with Crippen LogP contribution in [0, 0.1) is 25.5 Å². The summed E-state index contributed by atoms with van der Waals surface area (Å²) in [5, 5.41) is -0.123. The van der Waals surface area contributed by atoms with Crippen LogP contribution < -0.4 is 5.56 Å². The van der Waals surface area contributed by atoms with Crippen LogP contribution in [0.2, 0.25) is 5.15 Å². The Morgan fingerprint density at radius 3 is 2.07 bits per heavy atom. The Hall–Kier alpha value is -3.02. The van der Waals surface area contributed by atoms with Gasteiger partial charge in [-0.05, 0) is 27.7 Å². The first kappa shape index (κ1) is 29.2. The van der Waals surface area contributed by atoms with Crippen LogP contribution in [0.3, 0.4) is 0 Å². The lowest BCUT2D eigenvalue weighted by atomic mass is 10.6. The number of nitrogens with one attached hydrogen (secondary N) is 1. The zero-order valence-corrected chi connectivity index (χ0v) is 17.5. The lowest BCUT2D eigenvalue weighted by Crippen LogP contribution is -2.12. The van der Waals surface area contributed by atoms with Crippen molar-refractivity contribution in [3.63, 3.8) is 0 Å². The maximum Gasteiger partial charge on any atom is 0.337 e. The van der Waals surface area contributed by atoms with Crippen LogP contribution in [0.25, 0.3) is 0 Å². The molecule has 0 radical (unpaired) electrons. The van der Waals surface area contributed by atoms with Crippen LogP contribution in [0.4, 0.5) is 13.2 Å². The Labute approximate surface area is 175 Å². The minimum atomic E-state index is -1.02.